The summed E-state index contributed by atoms with van der Waals surface area (Å²) in [5.41, 5.74) is 7.47. The Morgan fingerprint density at radius 2 is 1.15 bits per heavy atom. The fourth-order valence-corrected chi connectivity index (χ4v) is 5.76. The number of nitrogens with zero attached hydrogens (tertiary/aromatic N) is 4. The number of hydrogen-bond donors (Lipinski definition) is 3. The van der Waals surface area contributed by atoms with E-state index < -0.39 is 40.4 Å². The van der Waals surface area contributed by atoms with E-state index in [-0.39, 0.29) is 35.0 Å². The van der Waals surface area contributed by atoms with Crippen molar-refractivity contribution in [3.05, 3.63) is 136 Å². The lowest BCUT2D eigenvalue weighted by Gasteiger charge is -2.08. The lowest BCUT2D eigenvalue weighted by molar-refractivity contribution is -0.138. The second-order valence-corrected chi connectivity index (χ2v) is 13.1. The molecule has 0 atom stereocenters. The molecule has 4 N–H and O–H groups in total. The lowest BCUT2D eigenvalue weighted by atomic mass is 10.0. The SMILES string of the molecule is Cc1oncc1C(=O)Cc1ccc2nc(-c3cc(F)cc(C(F)(F)F)c3)[nH]c2c1.Cc1oncc1C(=O)Cl.Nc1ccc2nc(-c3cc(F)cc(C(F)(F)F)c3)[nH]c2c1. The normalized spacial score (nSPS) is 11.6. The summed E-state index contributed by atoms with van der Waals surface area (Å²) in [5.74, 6) is -1.03. The Bertz CT molecular complexity index is 2820. The number of anilines is 1. The number of fused-ring (bicyclic) bond motifs is 2. The first-order valence-corrected chi connectivity index (χ1v) is 17.2. The van der Waals surface area contributed by atoms with Crippen LogP contribution in [-0.4, -0.2) is 41.3 Å². The van der Waals surface area contributed by atoms with E-state index in [0.717, 1.165) is 24.3 Å². The van der Waals surface area contributed by atoms with Crippen molar-refractivity contribution in [1.29, 1.82) is 0 Å². The molecule has 0 aliphatic carbocycles. The van der Waals surface area contributed by atoms with E-state index in [1.54, 1.807) is 50.2 Å². The first-order chi connectivity index (χ1) is 27.7. The van der Waals surface area contributed by atoms with Gasteiger partial charge in [-0.1, -0.05) is 16.4 Å². The summed E-state index contributed by atoms with van der Waals surface area (Å²) in [6.45, 7) is 3.27. The molecule has 0 fully saturated rings. The fraction of sp³-hybridized carbons (Fsp3) is 0.128. The Hall–Kier alpha value is -6.89. The molecule has 11 nitrogen and oxygen atoms in total. The monoisotopic (exact) mass is 843 g/mol. The molecule has 304 valence electrons. The molecule has 4 aromatic carbocycles. The van der Waals surface area contributed by atoms with Gasteiger partial charge in [0.2, 0.25) is 0 Å². The topological polar surface area (TPSA) is 170 Å². The number of hydrogen-bond acceptors (Lipinski definition) is 9. The van der Waals surface area contributed by atoms with Crippen molar-refractivity contribution in [1.82, 2.24) is 30.2 Å². The molecule has 0 aliphatic rings. The van der Waals surface area contributed by atoms with E-state index in [1.165, 1.54) is 12.4 Å². The molecule has 0 saturated carbocycles. The van der Waals surface area contributed by atoms with Gasteiger partial charge in [-0.05, 0) is 97.7 Å². The molecule has 8 aromatic rings. The number of Topliss-reactive ketones (excluding diaryl/α,β-unsaturated/α-hetero) is 1. The molecule has 20 heteroatoms. The van der Waals surface area contributed by atoms with Crippen LogP contribution < -0.4 is 5.73 Å². The van der Waals surface area contributed by atoms with Crippen LogP contribution in [0.25, 0.3) is 44.8 Å². The number of carbonyl (C=O) groups is 2. The average Bonchev–Trinajstić information content (AvgIpc) is 3.97. The van der Waals surface area contributed by atoms with Gasteiger partial charge in [0.1, 0.15) is 34.8 Å². The first-order valence-electron chi connectivity index (χ1n) is 16.8. The molecule has 0 saturated heterocycles. The van der Waals surface area contributed by atoms with Gasteiger partial charge in [-0.2, -0.15) is 26.3 Å². The summed E-state index contributed by atoms with van der Waals surface area (Å²) >= 11 is 5.11. The number of ketones is 1. The van der Waals surface area contributed by atoms with Crippen LogP contribution in [0.5, 0.6) is 0 Å². The van der Waals surface area contributed by atoms with E-state index in [1.807, 2.05) is 0 Å². The zero-order valence-corrected chi connectivity index (χ0v) is 30.9. The highest BCUT2D eigenvalue weighted by Gasteiger charge is 2.33. The predicted molar refractivity (Wildman–Crippen MR) is 198 cm³/mol. The van der Waals surface area contributed by atoms with Crippen molar-refractivity contribution in [3.8, 4) is 22.8 Å². The highest BCUT2D eigenvalue weighted by Crippen LogP contribution is 2.34. The Balaban J connectivity index is 0.000000169. The summed E-state index contributed by atoms with van der Waals surface area (Å²) in [5, 5.41) is 6.41. The number of carbonyl (C=O) groups excluding carboxylic acids is 2. The number of benzene rings is 4. The first kappa shape index (κ1) is 41.7. The van der Waals surface area contributed by atoms with Crippen LogP contribution in [0.15, 0.2) is 94.2 Å². The van der Waals surface area contributed by atoms with Crippen LogP contribution in [0.1, 0.15) is 48.9 Å². The van der Waals surface area contributed by atoms with E-state index in [0.29, 0.717) is 68.1 Å². The fourth-order valence-electron chi connectivity index (χ4n) is 5.58. The number of nitrogens with one attached hydrogen (secondary N) is 2. The minimum atomic E-state index is -4.67. The van der Waals surface area contributed by atoms with Gasteiger partial charge in [0.25, 0.3) is 5.24 Å². The lowest BCUT2D eigenvalue weighted by Crippen LogP contribution is -2.05. The number of H-pyrrole nitrogens is 2. The van der Waals surface area contributed by atoms with E-state index in [4.69, 9.17) is 21.9 Å². The highest BCUT2D eigenvalue weighted by molar-refractivity contribution is 6.67. The molecule has 0 amide bonds. The number of nitrogens with two attached hydrogens (primary N) is 1. The average molecular weight is 844 g/mol. The Morgan fingerprint density at radius 1 is 0.678 bits per heavy atom. The molecule has 0 unspecified atom stereocenters. The van der Waals surface area contributed by atoms with Gasteiger partial charge in [-0.3, -0.25) is 9.59 Å². The number of aromatic amines is 2. The van der Waals surface area contributed by atoms with Crippen LogP contribution in [0.4, 0.5) is 40.8 Å². The minimum absolute atomic E-state index is 0.0220. The van der Waals surface area contributed by atoms with Crippen molar-refractivity contribution < 1.29 is 53.8 Å². The van der Waals surface area contributed by atoms with Gasteiger partial charge >= 0.3 is 12.4 Å². The maximum Gasteiger partial charge on any atom is 0.416 e. The Kier molecular flexibility index (Phi) is 11.7. The molecular weight excluding hydrogens is 818 g/mol. The summed E-state index contributed by atoms with van der Waals surface area (Å²) < 4.78 is 114. The Morgan fingerprint density at radius 3 is 1.59 bits per heavy atom. The maximum atomic E-state index is 13.7. The third-order valence-electron chi connectivity index (χ3n) is 8.43. The quantitative estimate of drug-likeness (QED) is 0.0638. The van der Waals surface area contributed by atoms with E-state index >= 15 is 0 Å². The van der Waals surface area contributed by atoms with E-state index in [9.17, 15) is 44.7 Å². The second kappa shape index (κ2) is 16.5. The van der Waals surface area contributed by atoms with E-state index in [2.05, 4.69) is 34.8 Å². The maximum absolute atomic E-state index is 13.7. The molecule has 0 bridgehead atoms. The molecule has 4 aromatic heterocycles. The summed E-state index contributed by atoms with van der Waals surface area (Å²) in [6, 6.07) is 14.4. The predicted octanol–water partition coefficient (Wildman–Crippen LogP) is 10.4. The van der Waals surface area contributed by atoms with Crippen molar-refractivity contribution in [3.63, 3.8) is 0 Å². The van der Waals surface area contributed by atoms with Gasteiger partial charge in [0, 0.05) is 23.2 Å². The summed E-state index contributed by atoms with van der Waals surface area (Å²) in [6.07, 6.45) is -6.55. The van der Waals surface area contributed by atoms with Crippen LogP contribution in [0.3, 0.4) is 0 Å². The van der Waals surface area contributed by atoms with Gasteiger partial charge in [-0.15, -0.1) is 0 Å². The standard InChI is InChI=1S/C20H13F4N3O2.C14H9F4N3.C5H4ClNO2/c1-10-15(9-25-29-10)18(28)5-11-2-3-16-17(4-11)27-19(26-16)12-6-13(20(22,23)24)8-14(21)7-12;15-9-4-7(3-8(5-9)14(16,17)18)13-20-11-2-1-10(19)6-12(11)21-13;1-3-4(5(6)8)2-7-9-3/h2-4,6-9H,5H2,1H3,(H,26,27);1-6H,19H2,(H,20,21);2H,1H3. The smallest absolute Gasteiger partial charge is 0.399 e. The second-order valence-electron chi connectivity index (χ2n) is 12.7. The van der Waals surface area contributed by atoms with Crippen LogP contribution in [0.2, 0.25) is 0 Å². The van der Waals surface area contributed by atoms with Crippen molar-refractivity contribution >= 4 is 50.4 Å². The molecule has 8 rings (SSSR count). The van der Waals surface area contributed by atoms with Crippen molar-refractivity contribution in [2.75, 3.05) is 5.73 Å². The number of aryl methyl sites for hydroxylation is 2. The molecule has 59 heavy (non-hydrogen) atoms. The number of nitrogen functional groups attached to an aromatic ring is 1. The van der Waals surface area contributed by atoms with Crippen molar-refractivity contribution in [2.24, 2.45) is 0 Å². The number of aromatic nitrogens is 6. The van der Waals surface area contributed by atoms with Gasteiger partial charge in [-0.25, -0.2) is 18.7 Å². The number of imidazole rings is 2. The molecule has 0 aliphatic heterocycles. The van der Waals surface area contributed by atoms with Crippen LogP contribution in [0, 0.1) is 25.5 Å². The Labute approximate surface area is 331 Å². The zero-order valence-electron chi connectivity index (χ0n) is 30.2. The van der Waals surface area contributed by atoms with Gasteiger partial charge in [0.15, 0.2) is 5.78 Å². The van der Waals surface area contributed by atoms with Crippen molar-refractivity contribution in [2.45, 2.75) is 32.6 Å². The van der Waals surface area contributed by atoms with Crippen LogP contribution in [-0.2, 0) is 18.8 Å². The largest absolute Gasteiger partial charge is 0.416 e. The number of alkyl halides is 6. The summed E-state index contributed by atoms with van der Waals surface area (Å²) in [7, 11) is 0. The molecule has 4 heterocycles. The third kappa shape index (κ3) is 9.98. The van der Waals surface area contributed by atoms with Gasteiger partial charge in [0.05, 0.1) is 56.7 Å². The third-order valence-corrected chi connectivity index (χ3v) is 8.63. The molecule has 0 spiro atoms. The number of rotatable bonds is 6. The highest BCUT2D eigenvalue weighted by atomic mass is 35.5. The molecule has 0 radical (unpaired) electrons. The molecular formula is C39H26ClF8N7O4. The van der Waals surface area contributed by atoms with Gasteiger partial charge < -0.3 is 24.7 Å². The zero-order chi connectivity index (χ0) is 42.8. The number of halogens is 9. The minimum Gasteiger partial charge on any atom is -0.399 e. The van der Waals surface area contributed by atoms with Crippen LogP contribution >= 0.6 is 11.6 Å². The summed E-state index contributed by atoms with van der Waals surface area (Å²) in [4.78, 5) is 36.8.